The van der Waals surface area contributed by atoms with E-state index >= 15 is 0 Å². The molecule has 0 bridgehead atoms. The summed E-state index contributed by atoms with van der Waals surface area (Å²) in [6.45, 7) is 1.72. The maximum absolute atomic E-state index is 12.8. The molecule has 1 aliphatic carbocycles. The second-order valence-electron chi connectivity index (χ2n) is 5.94. The summed E-state index contributed by atoms with van der Waals surface area (Å²) in [5.41, 5.74) is 2.16. The van der Waals surface area contributed by atoms with Crippen LogP contribution in [0.4, 0.5) is 0 Å². The second-order valence-corrected chi connectivity index (χ2v) is 5.94. The van der Waals surface area contributed by atoms with Crippen molar-refractivity contribution in [2.24, 2.45) is 5.92 Å². The number of carbonyl (C=O) groups is 2. The van der Waals surface area contributed by atoms with Gasteiger partial charge in [0, 0.05) is 19.6 Å². The summed E-state index contributed by atoms with van der Waals surface area (Å²) in [5.74, 6) is -0.793. The first-order chi connectivity index (χ1) is 10.1. The monoisotopic (exact) mass is 288 g/mol. The highest BCUT2D eigenvalue weighted by Crippen LogP contribution is 2.31. The van der Waals surface area contributed by atoms with Crippen LogP contribution in [0.25, 0.3) is 0 Å². The lowest BCUT2D eigenvalue weighted by molar-refractivity contribution is -0.145. The highest BCUT2D eigenvalue weighted by Gasteiger charge is 2.33. The zero-order chi connectivity index (χ0) is 14.8. The number of nitrogens with one attached hydrogen (secondary N) is 1. The first-order valence-electron chi connectivity index (χ1n) is 7.44. The Labute approximate surface area is 123 Å². The van der Waals surface area contributed by atoms with Crippen molar-refractivity contribution in [1.29, 1.82) is 0 Å². The molecule has 0 saturated heterocycles. The highest BCUT2D eigenvalue weighted by atomic mass is 16.4. The third-order valence-electron chi connectivity index (χ3n) is 4.21. The molecule has 1 amide bonds. The van der Waals surface area contributed by atoms with Crippen LogP contribution in [0.2, 0.25) is 0 Å². The van der Waals surface area contributed by atoms with Crippen molar-refractivity contribution in [1.82, 2.24) is 10.2 Å². The largest absolute Gasteiger partial charge is 0.480 e. The Bertz CT molecular complexity index is 554. The summed E-state index contributed by atoms with van der Waals surface area (Å²) in [6.07, 6.45) is 2.20. The molecule has 1 unspecified atom stereocenters. The standard InChI is InChI=1S/C16H20N2O3/c19-15(20)10-18(9-11-5-6-11)16(21)14-8-17-7-12-3-1-2-4-13(12)14/h1-4,11,14,17H,5-10H2,(H,19,20). The van der Waals surface area contributed by atoms with Gasteiger partial charge < -0.3 is 15.3 Å². The molecule has 5 nitrogen and oxygen atoms in total. The minimum Gasteiger partial charge on any atom is -0.480 e. The van der Waals surface area contributed by atoms with Gasteiger partial charge in [-0.1, -0.05) is 24.3 Å². The van der Waals surface area contributed by atoms with Crippen molar-refractivity contribution in [3.8, 4) is 0 Å². The van der Waals surface area contributed by atoms with E-state index in [9.17, 15) is 9.59 Å². The zero-order valence-electron chi connectivity index (χ0n) is 11.9. The van der Waals surface area contributed by atoms with E-state index in [0.717, 1.165) is 30.5 Å². The first kappa shape index (κ1) is 14.1. The number of nitrogens with zero attached hydrogens (tertiary/aromatic N) is 1. The number of rotatable bonds is 5. The topological polar surface area (TPSA) is 69.6 Å². The van der Waals surface area contributed by atoms with Crippen LogP contribution in [0.15, 0.2) is 24.3 Å². The quantitative estimate of drug-likeness (QED) is 0.854. The molecule has 112 valence electrons. The number of hydrogen-bond donors (Lipinski definition) is 2. The van der Waals surface area contributed by atoms with Crippen LogP contribution >= 0.6 is 0 Å². The molecule has 5 heteroatoms. The average Bonchev–Trinajstić information content (AvgIpc) is 3.29. The number of hydrogen-bond acceptors (Lipinski definition) is 3. The maximum atomic E-state index is 12.8. The molecule has 0 radical (unpaired) electrons. The van der Waals surface area contributed by atoms with Gasteiger partial charge >= 0.3 is 5.97 Å². The van der Waals surface area contributed by atoms with Crippen molar-refractivity contribution < 1.29 is 14.7 Å². The van der Waals surface area contributed by atoms with Gasteiger partial charge in [-0.25, -0.2) is 0 Å². The fourth-order valence-corrected chi connectivity index (χ4v) is 2.94. The lowest BCUT2D eigenvalue weighted by Crippen LogP contribution is -2.44. The number of benzene rings is 1. The van der Waals surface area contributed by atoms with Gasteiger partial charge in [0.2, 0.25) is 5.91 Å². The van der Waals surface area contributed by atoms with Crippen LogP contribution in [-0.2, 0) is 16.1 Å². The number of aliphatic carboxylic acids is 1. The summed E-state index contributed by atoms with van der Waals surface area (Å²) >= 11 is 0. The lowest BCUT2D eigenvalue weighted by Gasteiger charge is -2.30. The van der Waals surface area contributed by atoms with E-state index in [4.69, 9.17) is 5.11 Å². The minimum absolute atomic E-state index is 0.0658. The van der Waals surface area contributed by atoms with Crippen molar-refractivity contribution in [2.75, 3.05) is 19.6 Å². The average molecular weight is 288 g/mol. The summed E-state index contributed by atoms with van der Waals surface area (Å²) in [7, 11) is 0. The molecule has 1 aromatic carbocycles. The molecule has 1 fully saturated rings. The summed E-state index contributed by atoms with van der Waals surface area (Å²) in [6, 6.07) is 7.90. The van der Waals surface area contributed by atoms with Gasteiger partial charge in [-0.15, -0.1) is 0 Å². The molecule has 1 heterocycles. The molecule has 1 saturated carbocycles. The van der Waals surface area contributed by atoms with E-state index in [1.54, 1.807) is 0 Å². The van der Waals surface area contributed by atoms with E-state index in [0.29, 0.717) is 19.0 Å². The van der Waals surface area contributed by atoms with Crippen molar-refractivity contribution in [3.63, 3.8) is 0 Å². The molecule has 0 spiro atoms. The Morgan fingerprint density at radius 3 is 2.76 bits per heavy atom. The highest BCUT2D eigenvalue weighted by molar-refractivity contribution is 5.87. The van der Waals surface area contributed by atoms with Crippen molar-refractivity contribution in [2.45, 2.75) is 25.3 Å². The molecule has 21 heavy (non-hydrogen) atoms. The molecule has 1 aromatic rings. The Morgan fingerprint density at radius 2 is 2.05 bits per heavy atom. The predicted octanol–water partition coefficient (Wildman–Crippen LogP) is 1.20. The Kier molecular flexibility index (Phi) is 3.92. The number of carbonyl (C=O) groups excluding carboxylic acids is 1. The van der Waals surface area contributed by atoms with Gasteiger partial charge in [-0.05, 0) is 29.9 Å². The van der Waals surface area contributed by atoms with Crippen LogP contribution < -0.4 is 5.32 Å². The molecular formula is C16H20N2O3. The van der Waals surface area contributed by atoms with Gasteiger partial charge in [-0.2, -0.15) is 0 Å². The Balaban J connectivity index is 1.80. The zero-order valence-corrected chi connectivity index (χ0v) is 11.9. The van der Waals surface area contributed by atoms with Crippen LogP contribution in [0.1, 0.15) is 29.9 Å². The van der Waals surface area contributed by atoms with Crippen LogP contribution in [0, 0.1) is 5.92 Å². The molecular weight excluding hydrogens is 268 g/mol. The number of carboxylic acid groups (broad SMARTS) is 1. The van der Waals surface area contributed by atoms with Crippen molar-refractivity contribution in [3.05, 3.63) is 35.4 Å². The number of amides is 1. The van der Waals surface area contributed by atoms with E-state index in [2.05, 4.69) is 5.32 Å². The second kappa shape index (κ2) is 5.85. The van der Waals surface area contributed by atoms with Gasteiger partial charge in [-0.3, -0.25) is 9.59 Å². The van der Waals surface area contributed by atoms with Gasteiger partial charge in [0.25, 0.3) is 0 Å². The van der Waals surface area contributed by atoms with E-state index in [1.807, 2.05) is 24.3 Å². The maximum Gasteiger partial charge on any atom is 0.323 e. The van der Waals surface area contributed by atoms with E-state index < -0.39 is 5.97 Å². The minimum atomic E-state index is -0.943. The Hall–Kier alpha value is -1.88. The van der Waals surface area contributed by atoms with Crippen molar-refractivity contribution >= 4 is 11.9 Å². The summed E-state index contributed by atoms with van der Waals surface area (Å²) in [5, 5.41) is 12.3. The SMILES string of the molecule is O=C(O)CN(CC1CC1)C(=O)C1CNCc2ccccc21. The number of fused-ring (bicyclic) bond motifs is 1. The van der Waals surface area contributed by atoms with Crippen LogP contribution in [0.3, 0.4) is 0 Å². The molecule has 1 atom stereocenters. The lowest BCUT2D eigenvalue weighted by atomic mass is 9.89. The van der Waals surface area contributed by atoms with Gasteiger partial charge in [0.05, 0.1) is 5.92 Å². The molecule has 3 rings (SSSR count). The first-order valence-corrected chi connectivity index (χ1v) is 7.44. The fraction of sp³-hybridized carbons (Fsp3) is 0.500. The predicted molar refractivity (Wildman–Crippen MR) is 77.8 cm³/mol. The number of carboxylic acids is 1. The smallest absolute Gasteiger partial charge is 0.323 e. The molecule has 1 aliphatic heterocycles. The normalized spacial score (nSPS) is 20.7. The third kappa shape index (κ3) is 3.24. The van der Waals surface area contributed by atoms with Crippen LogP contribution in [0.5, 0.6) is 0 Å². The molecule has 0 aromatic heterocycles. The van der Waals surface area contributed by atoms with Gasteiger partial charge in [0.1, 0.15) is 6.54 Å². The van der Waals surface area contributed by atoms with Gasteiger partial charge in [0.15, 0.2) is 0 Å². The third-order valence-corrected chi connectivity index (χ3v) is 4.21. The Morgan fingerprint density at radius 1 is 1.29 bits per heavy atom. The summed E-state index contributed by atoms with van der Waals surface area (Å²) < 4.78 is 0. The van der Waals surface area contributed by atoms with E-state index in [1.165, 1.54) is 4.90 Å². The summed E-state index contributed by atoms with van der Waals surface area (Å²) in [4.78, 5) is 25.3. The van der Waals surface area contributed by atoms with E-state index in [-0.39, 0.29) is 18.4 Å². The fourth-order valence-electron chi connectivity index (χ4n) is 2.94. The molecule has 2 N–H and O–H groups in total. The molecule has 2 aliphatic rings. The van der Waals surface area contributed by atoms with Crippen LogP contribution in [-0.4, -0.2) is 41.5 Å².